The van der Waals surface area contributed by atoms with E-state index in [9.17, 15) is 0 Å². The number of hydrogen-bond donors (Lipinski definition) is 0. The first-order chi connectivity index (χ1) is 30.9. The van der Waals surface area contributed by atoms with Gasteiger partial charge in [-0.05, 0) is 173 Å². The smallest absolute Gasteiger partial charge is 0.288 e. The van der Waals surface area contributed by atoms with E-state index in [0.29, 0.717) is 11.8 Å². The summed E-state index contributed by atoms with van der Waals surface area (Å²) in [6.45, 7) is 36.2. The van der Waals surface area contributed by atoms with E-state index in [-0.39, 0.29) is 45.6 Å². The molecule has 0 saturated carbocycles. The molecule has 11 rings (SSSR count). The molecule has 340 valence electrons. The van der Waals surface area contributed by atoms with E-state index >= 15 is 0 Å². The van der Waals surface area contributed by atoms with Gasteiger partial charge in [0.15, 0.2) is 0 Å². The Kier molecular flexibility index (Phi) is 9.54. The van der Waals surface area contributed by atoms with Crippen LogP contribution >= 0.6 is 0 Å². The molecule has 2 nitrogen and oxygen atoms in total. The van der Waals surface area contributed by atoms with Crippen LogP contribution in [0.2, 0.25) is 0 Å². The van der Waals surface area contributed by atoms with Gasteiger partial charge in [0, 0.05) is 39.9 Å². The summed E-state index contributed by atoms with van der Waals surface area (Å²) >= 11 is 0. The molecule has 0 fully saturated rings. The minimum Gasteiger partial charge on any atom is -0.470 e. The summed E-state index contributed by atoms with van der Waals surface area (Å²) in [4.78, 5) is 2.72. The van der Waals surface area contributed by atoms with Crippen molar-refractivity contribution in [3.8, 4) is 0 Å². The summed E-state index contributed by atoms with van der Waals surface area (Å²) in [5.41, 5.74) is 25.5. The van der Waals surface area contributed by atoms with Gasteiger partial charge in [0.25, 0.3) is 6.71 Å². The fourth-order valence-corrected chi connectivity index (χ4v) is 14.2. The first kappa shape index (κ1) is 43.8. The van der Waals surface area contributed by atoms with E-state index in [4.69, 9.17) is 4.42 Å². The molecule has 0 radical (unpaired) electrons. The molecule has 0 bridgehead atoms. The number of nitrogens with zero attached hydrogens (tertiary/aromatic N) is 1. The Morgan fingerprint density at radius 3 is 1.91 bits per heavy atom. The van der Waals surface area contributed by atoms with Gasteiger partial charge in [-0.15, -0.1) is 0 Å². The number of hydrogen-bond acceptors (Lipinski definition) is 2. The van der Waals surface area contributed by atoms with Crippen LogP contribution in [0.25, 0.3) is 11.0 Å². The maximum absolute atomic E-state index is 7.48. The third-order valence-corrected chi connectivity index (χ3v) is 18.1. The van der Waals surface area contributed by atoms with E-state index in [2.05, 4.69) is 200 Å². The summed E-state index contributed by atoms with van der Waals surface area (Å²) in [7, 11) is 0. The average Bonchev–Trinajstić information content (AvgIpc) is 3.62. The average molecular weight is 872 g/mol. The van der Waals surface area contributed by atoms with Gasteiger partial charge in [-0.25, -0.2) is 0 Å². The van der Waals surface area contributed by atoms with Crippen LogP contribution in [0.1, 0.15) is 192 Å². The summed E-state index contributed by atoms with van der Waals surface area (Å²) < 4.78 is 7.48. The zero-order chi connectivity index (χ0) is 46.8. The lowest BCUT2D eigenvalue weighted by molar-refractivity contribution is 0.331. The van der Waals surface area contributed by atoms with E-state index in [1.54, 1.807) is 0 Å². The van der Waals surface area contributed by atoms with E-state index in [1.807, 2.05) is 0 Å². The molecule has 0 spiro atoms. The lowest BCUT2D eigenvalue weighted by atomic mass is 9.30. The molecule has 4 atom stereocenters. The van der Waals surface area contributed by atoms with Crippen molar-refractivity contribution in [3.63, 3.8) is 0 Å². The van der Waals surface area contributed by atoms with E-state index in [1.165, 1.54) is 120 Å². The van der Waals surface area contributed by atoms with Crippen LogP contribution in [0.5, 0.6) is 0 Å². The number of allylic oxidation sites excluding steroid dienone is 7. The normalized spacial score (nSPS) is 25.5. The Bertz CT molecular complexity index is 3020. The van der Waals surface area contributed by atoms with Crippen LogP contribution < -0.4 is 16.0 Å². The van der Waals surface area contributed by atoms with Crippen molar-refractivity contribution in [3.05, 3.63) is 163 Å². The third-order valence-electron chi connectivity index (χ3n) is 18.1. The van der Waals surface area contributed by atoms with Crippen LogP contribution in [-0.4, -0.2) is 6.71 Å². The van der Waals surface area contributed by atoms with Crippen molar-refractivity contribution in [1.82, 2.24) is 0 Å². The van der Waals surface area contributed by atoms with Crippen molar-refractivity contribution in [1.29, 1.82) is 0 Å². The topological polar surface area (TPSA) is 16.4 Å². The molecule has 4 aliphatic carbocycles. The van der Waals surface area contributed by atoms with Crippen LogP contribution in [0, 0.1) is 11.8 Å². The van der Waals surface area contributed by atoms with Gasteiger partial charge in [0.1, 0.15) is 5.58 Å². The highest BCUT2D eigenvalue weighted by atomic mass is 16.3. The van der Waals surface area contributed by atoms with Crippen LogP contribution in [0.15, 0.2) is 123 Å². The van der Waals surface area contributed by atoms with Crippen molar-refractivity contribution < 1.29 is 4.42 Å². The van der Waals surface area contributed by atoms with Crippen molar-refractivity contribution in [2.75, 3.05) is 4.90 Å². The Morgan fingerprint density at radius 1 is 0.652 bits per heavy atom. The van der Waals surface area contributed by atoms with Crippen LogP contribution in [0.3, 0.4) is 0 Å². The number of benzene rings is 4. The van der Waals surface area contributed by atoms with Gasteiger partial charge < -0.3 is 9.32 Å². The molecule has 3 heterocycles. The fourth-order valence-electron chi connectivity index (χ4n) is 14.2. The number of anilines is 2. The number of fused-ring (bicyclic) bond motifs is 8. The Balaban J connectivity index is 1.22. The standard InChI is InChI=1S/C63H74BNO/c1-36-28-38(3)54(39(4)29-36)41-17-22-50-51(33-41)65(43-19-21-47-49(35-43)63(14,15)27-25-61(47,10)11)52-31-37(2)30-45-55(40-16-20-46-48(32-40)62(12,13)26-24-60(46,8)9)56-44-34-42(59(5,6)7)18-23-53(44)66-58(56)64(50)57(45)52/h16-23,28-29,31-35,38,45,54-55H,24-27,30H2,1-15H3. The Morgan fingerprint density at radius 2 is 1.26 bits per heavy atom. The number of rotatable bonds is 3. The molecule has 1 aromatic heterocycles. The molecule has 2 aliphatic heterocycles. The molecule has 0 N–H and O–H groups in total. The largest absolute Gasteiger partial charge is 0.470 e. The highest BCUT2D eigenvalue weighted by Gasteiger charge is 2.53. The number of furan rings is 1. The van der Waals surface area contributed by atoms with Crippen molar-refractivity contribution >= 4 is 40.2 Å². The quantitative estimate of drug-likeness (QED) is 0.168. The molecule has 4 unspecified atom stereocenters. The van der Waals surface area contributed by atoms with Gasteiger partial charge in [-0.2, -0.15) is 0 Å². The molecule has 6 aliphatic rings. The van der Waals surface area contributed by atoms with Gasteiger partial charge in [0.05, 0.1) is 5.66 Å². The maximum atomic E-state index is 7.48. The first-order valence-electron chi connectivity index (χ1n) is 25.5. The predicted molar refractivity (Wildman–Crippen MR) is 282 cm³/mol. The zero-order valence-electron chi connectivity index (χ0n) is 42.9. The SMILES string of the molecule is CC1=CC(C)C(c2ccc3c(c2)N(c2ccc4c(c2)C(C)(C)CCC4(C)C)C2=C4B3c3oc5ccc(C(C)(C)C)cc5c3C(c3ccc5c(c3)C(C)(C)CCC5(C)C)C4CC(C)=C2)C(C)=C1. The highest BCUT2D eigenvalue weighted by Crippen LogP contribution is 2.56. The second-order valence-electron chi connectivity index (χ2n) is 25.8. The first-order valence-corrected chi connectivity index (χ1v) is 25.5. The molecule has 5 aromatic rings. The monoisotopic (exact) mass is 872 g/mol. The minimum absolute atomic E-state index is 0.00921. The summed E-state index contributed by atoms with van der Waals surface area (Å²) in [6, 6.07) is 30.0. The molecular weight excluding hydrogens is 798 g/mol. The van der Waals surface area contributed by atoms with Gasteiger partial charge in [-0.1, -0.05) is 160 Å². The second-order valence-corrected chi connectivity index (χ2v) is 25.8. The molecular formula is C63H74BNO. The van der Waals surface area contributed by atoms with Crippen LogP contribution in [0.4, 0.5) is 11.4 Å². The minimum atomic E-state index is 0.00921. The van der Waals surface area contributed by atoms with Crippen molar-refractivity contribution in [2.24, 2.45) is 11.8 Å². The molecule has 4 aromatic carbocycles. The Labute approximate surface area is 397 Å². The molecule has 3 heteroatoms. The lowest BCUT2D eigenvalue weighted by Gasteiger charge is -2.48. The summed E-state index contributed by atoms with van der Waals surface area (Å²) in [5.74, 6) is 1.14. The summed E-state index contributed by atoms with van der Waals surface area (Å²) in [6.07, 6.45) is 13.3. The predicted octanol–water partition coefficient (Wildman–Crippen LogP) is 15.7. The fraction of sp³-hybridized carbons (Fsp3) is 0.460. The third kappa shape index (κ3) is 6.54. The second kappa shape index (κ2) is 14.4. The van der Waals surface area contributed by atoms with Gasteiger partial charge in [-0.3, -0.25) is 0 Å². The van der Waals surface area contributed by atoms with Crippen molar-refractivity contribution in [2.45, 2.75) is 175 Å². The van der Waals surface area contributed by atoms with Gasteiger partial charge in [0.2, 0.25) is 0 Å². The lowest BCUT2D eigenvalue weighted by Crippen LogP contribution is -2.57. The maximum Gasteiger partial charge on any atom is 0.288 e. The summed E-state index contributed by atoms with van der Waals surface area (Å²) in [5, 5.41) is 1.30. The molecule has 66 heavy (non-hydrogen) atoms. The highest BCUT2D eigenvalue weighted by molar-refractivity contribution is 6.92. The van der Waals surface area contributed by atoms with E-state index in [0.717, 1.165) is 17.7 Å². The van der Waals surface area contributed by atoms with E-state index < -0.39 is 0 Å². The Hall–Kier alpha value is -4.76. The molecule has 0 saturated heterocycles. The van der Waals surface area contributed by atoms with Crippen LogP contribution in [-0.2, 0) is 27.1 Å². The van der Waals surface area contributed by atoms with Gasteiger partial charge >= 0.3 is 0 Å². The zero-order valence-corrected chi connectivity index (χ0v) is 42.9. The molecule has 0 amide bonds.